The van der Waals surface area contributed by atoms with E-state index in [1.54, 1.807) is 25.1 Å². The van der Waals surface area contributed by atoms with Crippen LogP contribution in [0, 0.1) is 12.8 Å². The summed E-state index contributed by atoms with van der Waals surface area (Å²) in [6.07, 6.45) is 4.41. The summed E-state index contributed by atoms with van der Waals surface area (Å²) in [7, 11) is 3.86. The summed E-state index contributed by atoms with van der Waals surface area (Å²) in [6.45, 7) is 9.62. The molecule has 0 fully saturated rings. The van der Waals surface area contributed by atoms with Crippen molar-refractivity contribution < 1.29 is 42.9 Å². The van der Waals surface area contributed by atoms with Gasteiger partial charge in [0.25, 0.3) is 0 Å². The Hall–Kier alpha value is -5.85. The Morgan fingerprint density at radius 3 is 2.32 bits per heavy atom. The number of H-pyrrole nitrogens is 2. The van der Waals surface area contributed by atoms with E-state index in [1.807, 2.05) is 39.8 Å². The molecule has 0 saturated carbocycles. The van der Waals surface area contributed by atoms with Crippen LogP contribution in [0.5, 0.6) is 0 Å². The number of hydrogen-bond donors (Lipinski definition) is 2. The van der Waals surface area contributed by atoms with Crippen LogP contribution in [0.3, 0.4) is 0 Å². The number of carbonyl (C=O) groups excluding carboxylic acids is 5. The second kappa shape index (κ2) is 13.0. The van der Waals surface area contributed by atoms with Crippen molar-refractivity contribution in [3.8, 4) is 0 Å². The molecule has 2 aromatic heterocycles. The number of aromatic nitrogens is 4. The molecule has 53 heavy (non-hydrogen) atoms. The molecular formula is C40H40N4O9. The molecule has 0 aromatic carbocycles. The predicted octanol–water partition coefficient (Wildman–Crippen LogP) is 6.08. The average molecular weight is 721 g/mol. The van der Waals surface area contributed by atoms with E-state index in [0.717, 1.165) is 16.8 Å². The lowest BCUT2D eigenvalue weighted by molar-refractivity contribution is -0.149. The zero-order valence-electron chi connectivity index (χ0n) is 30.8. The van der Waals surface area contributed by atoms with Gasteiger partial charge in [-0.3, -0.25) is 14.6 Å². The van der Waals surface area contributed by atoms with Gasteiger partial charge in [-0.1, -0.05) is 26.0 Å². The minimum atomic E-state index is -1.20. The van der Waals surface area contributed by atoms with Crippen LogP contribution >= 0.6 is 0 Å². The van der Waals surface area contributed by atoms with Gasteiger partial charge >= 0.3 is 29.8 Å². The third kappa shape index (κ3) is 5.31. The number of rotatable bonds is 6. The van der Waals surface area contributed by atoms with Crippen LogP contribution in [0.4, 0.5) is 0 Å². The molecule has 0 saturated heterocycles. The lowest BCUT2D eigenvalue weighted by Gasteiger charge is -2.36. The van der Waals surface area contributed by atoms with E-state index < -0.39 is 35.2 Å². The van der Waals surface area contributed by atoms with Gasteiger partial charge in [0.1, 0.15) is 11.5 Å². The monoisotopic (exact) mass is 720 g/mol. The first-order chi connectivity index (χ1) is 25.3. The van der Waals surface area contributed by atoms with Gasteiger partial charge in [-0.15, -0.1) is 0 Å². The number of methoxy groups -OCH3 is 3. The highest BCUT2D eigenvalue weighted by molar-refractivity contribution is 6.18. The van der Waals surface area contributed by atoms with E-state index in [2.05, 4.69) is 9.97 Å². The number of nitrogens with one attached hydrogen (secondary N) is 2. The Bertz CT molecular complexity index is 2340. The second-order valence-corrected chi connectivity index (χ2v) is 14.0. The molecule has 4 atom stereocenters. The Balaban J connectivity index is 1.63. The number of aromatic amines is 2. The van der Waals surface area contributed by atoms with Crippen molar-refractivity contribution in [2.75, 3.05) is 21.3 Å². The fourth-order valence-corrected chi connectivity index (χ4v) is 8.42. The van der Waals surface area contributed by atoms with E-state index in [0.29, 0.717) is 58.0 Å². The Labute approximate surface area is 305 Å². The number of hydrogen-bond acceptors (Lipinski definition) is 11. The van der Waals surface area contributed by atoms with E-state index in [-0.39, 0.29) is 46.4 Å². The van der Waals surface area contributed by atoms with Crippen LogP contribution < -0.4 is 0 Å². The highest BCUT2D eigenvalue weighted by Gasteiger charge is 2.54. The third-order valence-electron chi connectivity index (χ3n) is 11.4. The topological polar surface area (TPSA) is 180 Å². The van der Waals surface area contributed by atoms with Crippen LogP contribution in [0.25, 0.3) is 27.8 Å². The lowest BCUT2D eigenvalue weighted by atomic mass is 9.64. The van der Waals surface area contributed by atoms with Gasteiger partial charge in [0.05, 0.1) is 66.2 Å². The highest BCUT2D eigenvalue weighted by Crippen LogP contribution is 2.53. The maximum Gasteiger partial charge on any atom is 0.349 e. The number of cyclic esters (lactones) is 2. The smallest absolute Gasteiger partial charge is 0.349 e. The Morgan fingerprint density at radius 2 is 1.64 bits per heavy atom. The van der Waals surface area contributed by atoms with Gasteiger partial charge in [-0.2, -0.15) is 0 Å². The highest BCUT2D eigenvalue weighted by atomic mass is 16.6. The number of carbonyl (C=O) groups is 5. The molecule has 1 aliphatic carbocycles. The summed E-state index contributed by atoms with van der Waals surface area (Å²) in [5, 5.41) is 0. The maximum absolute atomic E-state index is 13.7. The molecule has 13 nitrogen and oxygen atoms in total. The number of aryl methyl sites for hydroxylation is 1. The van der Waals surface area contributed by atoms with E-state index >= 15 is 0 Å². The number of ether oxygens (including phenoxy) is 4. The molecule has 2 aromatic rings. The van der Waals surface area contributed by atoms with E-state index in [1.165, 1.54) is 21.3 Å². The average Bonchev–Trinajstić information content (AvgIpc) is 3.81. The first kappa shape index (κ1) is 35.5. The van der Waals surface area contributed by atoms with Gasteiger partial charge < -0.3 is 28.9 Å². The van der Waals surface area contributed by atoms with Crippen molar-refractivity contribution in [3.63, 3.8) is 0 Å². The predicted molar refractivity (Wildman–Crippen MR) is 193 cm³/mol. The number of fused-ring (bicyclic) bond motifs is 11. The minimum Gasteiger partial charge on any atom is -0.469 e. The van der Waals surface area contributed by atoms with Gasteiger partial charge in [-0.05, 0) is 74.1 Å². The summed E-state index contributed by atoms with van der Waals surface area (Å²) >= 11 is 0. The zero-order chi connectivity index (χ0) is 38.1. The van der Waals surface area contributed by atoms with Gasteiger partial charge in [-0.25, -0.2) is 19.4 Å². The number of nitrogens with zero attached hydrogens (tertiary/aromatic N) is 2. The van der Waals surface area contributed by atoms with Crippen LogP contribution in [-0.2, 0) is 38.7 Å². The molecule has 0 spiro atoms. The van der Waals surface area contributed by atoms with Crippen molar-refractivity contribution in [1.82, 2.24) is 19.9 Å². The van der Waals surface area contributed by atoms with Crippen molar-refractivity contribution >= 4 is 57.6 Å². The van der Waals surface area contributed by atoms with Crippen molar-refractivity contribution in [1.29, 1.82) is 0 Å². The number of esters is 5. The van der Waals surface area contributed by atoms with Crippen molar-refractivity contribution in [2.24, 2.45) is 5.92 Å². The summed E-state index contributed by atoms with van der Waals surface area (Å²) in [5.41, 5.74) is 6.66. The molecule has 6 heterocycles. The third-order valence-corrected chi connectivity index (χ3v) is 11.4. The maximum atomic E-state index is 13.7. The van der Waals surface area contributed by atoms with Crippen molar-refractivity contribution in [3.05, 3.63) is 86.8 Å². The summed E-state index contributed by atoms with van der Waals surface area (Å²) < 4.78 is 20.7. The quantitative estimate of drug-likeness (QED) is 0.201. The largest absolute Gasteiger partial charge is 0.469 e. The molecule has 13 heteroatoms. The standard InChI is InChI=1S/C40H40N4O9/c1-9-20-17(2)24-14-25-18(3)21(11-13-30(45)50-6)34(43-25)32-35-31(37(47)53-38(32)48)19(4)26(44-35)15-28-23-12-10-22(36(46)51-7)33(39(49)52-8)40(23,5)29(42-28)16-27(20)41-24/h10,12,14-16,18,21,33,43-44H,9,11,13H2,1-8H3/t18-,21-,33-,40+/m0/s1. The first-order valence-corrected chi connectivity index (χ1v) is 17.5. The van der Waals surface area contributed by atoms with Gasteiger partial charge in [0.2, 0.25) is 0 Å². The Morgan fingerprint density at radius 1 is 0.906 bits per heavy atom. The summed E-state index contributed by atoms with van der Waals surface area (Å²) in [4.78, 5) is 83.2. The zero-order valence-corrected chi connectivity index (χ0v) is 30.8. The molecule has 2 N–H and O–H groups in total. The lowest BCUT2D eigenvalue weighted by Crippen LogP contribution is -2.42. The Kier molecular flexibility index (Phi) is 8.70. The molecule has 7 rings (SSSR count). The fourth-order valence-electron chi connectivity index (χ4n) is 8.42. The molecular weight excluding hydrogens is 680 g/mol. The van der Waals surface area contributed by atoms with Crippen LogP contribution in [0.1, 0.15) is 119 Å². The number of allylic oxidation sites excluding steroid dienone is 5. The fraction of sp³-hybridized carbons (Fsp3) is 0.375. The molecule has 0 amide bonds. The first-order valence-electron chi connectivity index (χ1n) is 17.5. The molecule has 5 aliphatic rings. The van der Waals surface area contributed by atoms with Gasteiger partial charge in [0.15, 0.2) is 0 Å². The normalized spacial score (nSPS) is 22.3. The molecule has 0 unspecified atom stereocenters. The van der Waals surface area contributed by atoms with E-state index in [4.69, 9.17) is 28.9 Å². The molecule has 4 aliphatic heterocycles. The van der Waals surface area contributed by atoms with Crippen LogP contribution in [0.15, 0.2) is 35.9 Å². The molecule has 274 valence electrons. The molecule has 0 radical (unpaired) electrons. The van der Waals surface area contributed by atoms with Crippen LogP contribution in [0.2, 0.25) is 0 Å². The SMILES string of the molecule is CCC1=C(C)c2cc3[nH]c(c4c5[nH]c(cc6nc(cc1n2)[C@@]1(C)C6=CC=C(C(=O)OC)[C@H]1C(=O)OC)c(C)c5C(=O)OC4=O)[C@@H](CCC(=O)OC)[C@@H]3C. The molecule has 8 bridgehead atoms. The van der Waals surface area contributed by atoms with Crippen molar-refractivity contribution in [2.45, 2.75) is 71.1 Å². The second-order valence-electron chi connectivity index (χ2n) is 14.0. The van der Waals surface area contributed by atoms with Gasteiger partial charge in [0, 0.05) is 35.2 Å². The summed E-state index contributed by atoms with van der Waals surface area (Å²) in [5.74, 6) is -4.95. The minimum absolute atomic E-state index is 0.110. The van der Waals surface area contributed by atoms with E-state index in [9.17, 15) is 24.0 Å². The van der Waals surface area contributed by atoms with Crippen LogP contribution in [-0.4, -0.2) is 71.1 Å². The summed E-state index contributed by atoms with van der Waals surface area (Å²) in [6, 6.07) is 5.56.